The number of carbonyl (C=O) groups is 2. The Bertz CT molecular complexity index is 1020. The average Bonchev–Trinajstić information content (AvgIpc) is 3.07. The Morgan fingerprint density at radius 3 is 2.42 bits per heavy atom. The second kappa shape index (κ2) is 11.3. The molecule has 3 rings (SSSR count). The normalized spacial score (nSPS) is 17.7. The molecule has 1 N–H and O–H groups in total. The van der Waals surface area contributed by atoms with Crippen LogP contribution in [0.3, 0.4) is 0 Å². The van der Waals surface area contributed by atoms with Gasteiger partial charge >= 0.3 is 0 Å². The lowest BCUT2D eigenvalue weighted by atomic mass is 9.95. The Labute approximate surface area is 200 Å². The number of nitrogens with zero attached hydrogens (tertiary/aromatic N) is 2. The summed E-state index contributed by atoms with van der Waals surface area (Å²) in [6.07, 6.45) is 0.721. The SMILES string of the molecule is CCOc1cccc(/C(O)=C2\C(=O)C(=O)N(CCCN(CC)CC)C2c2ccc(Cl)cc2)c1. The van der Waals surface area contributed by atoms with Gasteiger partial charge in [-0.15, -0.1) is 0 Å². The Morgan fingerprint density at radius 1 is 1.09 bits per heavy atom. The standard InChI is InChI=1S/C26H31ClN2O4/c1-4-28(5-2)15-8-16-29-23(18-11-13-20(27)14-12-18)22(25(31)26(29)32)24(30)19-9-7-10-21(17-19)33-6-3/h7,9-14,17,23,30H,4-6,8,15-16H2,1-3H3/b24-22+. The number of benzene rings is 2. The van der Waals surface area contributed by atoms with Crippen molar-refractivity contribution in [2.24, 2.45) is 0 Å². The van der Waals surface area contributed by atoms with Crippen LogP contribution in [0.4, 0.5) is 0 Å². The largest absolute Gasteiger partial charge is 0.507 e. The van der Waals surface area contributed by atoms with E-state index in [4.69, 9.17) is 16.3 Å². The highest BCUT2D eigenvalue weighted by atomic mass is 35.5. The smallest absolute Gasteiger partial charge is 0.295 e. The van der Waals surface area contributed by atoms with E-state index < -0.39 is 17.7 Å². The van der Waals surface area contributed by atoms with Gasteiger partial charge in [-0.05, 0) is 62.8 Å². The zero-order chi connectivity index (χ0) is 24.0. The van der Waals surface area contributed by atoms with Gasteiger partial charge in [-0.3, -0.25) is 9.59 Å². The quantitative estimate of drug-likeness (QED) is 0.304. The third kappa shape index (κ3) is 5.57. The number of halogens is 1. The summed E-state index contributed by atoms with van der Waals surface area (Å²) in [5, 5.41) is 11.7. The zero-order valence-electron chi connectivity index (χ0n) is 19.4. The van der Waals surface area contributed by atoms with E-state index in [1.807, 2.05) is 6.92 Å². The molecule has 2 aromatic carbocycles. The van der Waals surface area contributed by atoms with E-state index in [1.165, 1.54) is 0 Å². The summed E-state index contributed by atoms with van der Waals surface area (Å²) in [7, 11) is 0. The third-order valence-corrected chi connectivity index (χ3v) is 6.16. The summed E-state index contributed by atoms with van der Waals surface area (Å²) >= 11 is 6.08. The Kier molecular flexibility index (Phi) is 8.53. The van der Waals surface area contributed by atoms with Gasteiger partial charge in [0.25, 0.3) is 11.7 Å². The number of aliphatic hydroxyl groups is 1. The summed E-state index contributed by atoms with van der Waals surface area (Å²) in [6.45, 7) is 9.62. The highest BCUT2D eigenvalue weighted by Gasteiger charge is 2.45. The fraction of sp³-hybridized carbons (Fsp3) is 0.385. The monoisotopic (exact) mass is 470 g/mol. The second-order valence-corrected chi connectivity index (χ2v) is 8.32. The molecule has 1 amide bonds. The van der Waals surface area contributed by atoms with Crippen LogP contribution >= 0.6 is 11.6 Å². The van der Waals surface area contributed by atoms with E-state index in [2.05, 4.69) is 18.7 Å². The van der Waals surface area contributed by atoms with Crippen molar-refractivity contribution in [1.29, 1.82) is 0 Å². The van der Waals surface area contributed by atoms with Crippen molar-refractivity contribution in [3.05, 3.63) is 70.3 Å². The first-order chi connectivity index (χ1) is 15.9. The van der Waals surface area contributed by atoms with Crippen LogP contribution < -0.4 is 4.74 Å². The molecule has 0 radical (unpaired) electrons. The van der Waals surface area contributed by atoms with Gasteiger partial charge in [0.05, 0.1) is 18.2 Å². The first-order valence-electron chi connectivity index (χ1n) is 11.4. The molecule has 0 bridgehead atoms. The molecule has 1 heterocycles. The lowest BCUT2D eigenvalue weighted by Crippen LogP contribution is -2.33. The number of aliphatic hydroxyl groups excluding tert-OH is 1. The third-order valence-electron chi connectivity index (χ3n) is 5.91. The van der Waals surface area contributed by atoms with E-state index in [1.54, 1.807) is 53.4 Å². The van der Waals surface area contributed by atoms with Crippen LogP contribution in [-0.4, -0.2) is 59.4 Å². The number of ether oxygens (including phenoxy) is 1. The summed E-state index contributed by atoms with van der Waals surface area (Å²) in [5.74, 6) is -0.909. The van der Waals surface area contributed by atoms with Gasteiger partial charge in [-0.2, -0.15) is 0 Å². The molecular formula is C26H31ClN2O4. The maximum atomic E-state index is 13.1. The predicted octanol–water partition coefficient (Wildman–Crippen LogP) is 4.89. The van der Waals surface area contributed by atoms with Crippen molar-refractivity contribution >= 4 is 29.1 Å². The molecule has 1 atom stereocenters. The predicted molar refractivity (Wildman–Crippen MR) is 130 cm³/mol. The molecule has 6 nitrogen and oxygen atoms in total. The minimum atomic E-state index is -0.685. The van der Waals surface area contributed by atoms with Crippen molar-refractivity contribution in [3.63, 3.8) is 0 Å². The van der Waals surface area contributed by atoms with Crippen LogP contribution in [0.2, 0.25) is 5.02 Å². The molecule has 176 valence electrons. The Balaban J connectivity index is 2.02. The molecule has 0 spiro atoms. The molecule has 0 aromatic heterocycles. The van der Waals surface area contributed by atoms with E-state index in [9.17, 15) is 14.7 Å². The number of amides is 1. The molecule has 1 aliphatic rings. The van der Waals surface area contributed by atoms with Gasteiger partial charge in [0.1, 0.15) is 11.5 Å². The zero-order valence-corrected chi connectivity index (χ0v) is 20.1. The van der Waals surface area contributed by atoms with E-state index >= 15 is 0 Å². The number of carbonyl (C=O) groups excluding carboxylic acids is 2. The highest BCUT2D eigenvalue weighted by Crippen LogP contribution is 2.40. The second-order valence-electron chi connectivity index (χ2n) is 7.89. The average molecular weight is 471 g/mol. The van der Waals surface area contributed by atoms with Crippen LogP contribution in [0, 0.1) is 0 Å². The molecule has 33 heavy (non-hydrogen) atoms. The fourth-order valence-corrected chi connectivity index (χ4v) is 4.29. The number of likely N-dealkylation sites (tertiary alicyclic amines) is 1. The molecule has 7 heteroatoms. The van der Waals surface area contributed by atoms with E-state index in [0.29, 0.717) is 29.5 Å². The summed E-state index contributed by atoms with van der Waals surface area (Å²) < 4.78 is 5.53. The van der Waals surface area contributed by atoms with Crippen LogP contribution in [0.15, 0.2) is 54.1 Å². The first kappa shape index (κ1) is 24.8. The molecule has 0 saturated carbocycles. The molecular weight excluding hydrogens is 440 g/mol. The Hall–Kier alpha value is -2.83. The minimum Gasteiger partial charge on any atom is -0.507 e. The molecule has 1 fully saturated rings. The molecule has 1 saturated heterocycles. The summed E-state index contributed by atoms with van der Waals surface area (Å²) in [5.41, 5.74) is 1.24. The minimum absolute atomic E-state index is 0.0822. The van der Waals surface area contributed by atoms with Crippen LogP contribution in [0.5, 0.6) is 5.75 Å². The molecule has 2 aromatic rings. The fourth-order valence-electron chi connectivity index (χ4n) is 4.16. The van der Waals surface area contributed by atoms with Gasteiger partial charge < -0.3 is 19.6 Å². The van der Waals surface area contributed by atoms with Crippen molar-refractivity contribution in [3.8, 4) is 5.75 Å². The van der Waals surface area contributed by atoms with Crippen molar-refractivity contribution < 1.29 is 19.4 Å². The van der Waals surface area contributed by atoms with Gasteiger partial charge in [-0.1, -0.05) is 49.7 Å². The number of hydrogen-bond donors (Lipinski definition) is 1. The molecule has 0 aliphatic carbocycles. The van der Waals surface area contributed by atoms with Crippen LogP contribution in [0.1, 0.15) is 44.4 Å². The van der Waals surface area contributed by atoms with Crippen LogP contribution in [-0.2, 0) is 9.59 Å². The summed E-state index contributed by atoms with van der Waals surface area (Å²) in [6, 6.07) is 13.2. The van der Waals surface area contributed by atoms with E-state index in [0.717, 1.165) is 31.6 Å². The van der Waals surface area contributed by atoms with Crippen molar-refractivity contribution in [2.45, 2.75) is 33.2 Å². The maximum absolute atomic E-state index is 13.1. The van der Waals surface area contributed by atoms with E-state index in [-0.39, 0.29) is 11.3 Å². The maximum Gasteiger partial charge on any atom is 0.295 e. The lowest BCUT2D eigenvalue weighted by molar-refractivity contribution is -0.140. The lowest BCUT2D eigenvalue weighted by Gasteiger charge is -2.27. The molecule has 1 unspecified atom stereocenters. The summed E-state index contributed by atoms with van der Waals surface area (Å²) in [4.78, 5) is 30.0. The van der Waals surface area contributed by atoms with Gasteiger partial charge in [-0.25, -0.2) is 0 Å². The topological polar surface area (TPSA) is 70.1 Å². The van der Waals surface area contributed by atoms with Crippen molar-refractivity contribution in [1.82, 2.24) is 9.80 Å². The highest BCUT2D eigenvalue weighted by molar-refractivity contribution is 6.46. The number of rotatable bonds is 10. The number of ketones is 1. The Morgan fingerprint density at radius 2 is 1.79 bits per heavy atom. The molecule has 1 aliphatic heterocycles. The first-order valence-corrected chi connectivity index (χ1v) is 11.8. The van der Waals surface area contributed by atoms with Gasteiger partial charge in [0.2, 0.25) is 0 Å². The number of hydrogen-bond acceptors (Lipinski definition) is 5. The van der Waals surface area contributed by atoms with Gasteiger partial charge in [0, 0.05) is 17.1 Å². The number of Topliss-reactive ketones (excluding diaryl/α,β-unsaturated/α-hetero) is 1. The van der Waals surface area contributed by atoms with Crippen molar-refractivity contribution in [2.75, 3.05) is 32.8 Å². The van der Waals surface area contributed by atoms with Crippen LogP contribution in [0.25, 0.3) is 5.76 Å². The van der Waals surface area contributed by atoms with Gasteiger partial charge in [0.15, 0.2) is 0 Å².